The minimum Gasteiger partial charge on any atom is -0.297 e. The highest BCUT2D eigenvalue weighted by Crippen LogP contribution is 2.53. The van der Waals surface area contributed by atoms with Crippen LogP contribution in [0.5, 0.6) is 0 Å². The second-order valence-electron chi connectivity index (χ2n) is 8.09. The van der Waals surface area contributed by atoms with Gasteiger partial charge >= 0.3 is 0 Å². The number of hydrogen-bond donors (Lipinski definition) is 1. The Hall–Kier alpha value is -3.83. The van der Waals surface area contributed by atoms with Crippen LogP contribution in [0.25, 0.3) is 0 Å². The monoisotopic (exact) mass is 447 g/mol. The standard InChI is InChI=1S/C28H21N3OS/c32-27-28(30-29-26(33-28)22-16-8-3-9-17-22)23-18-10-11-19-24(23)31(27)25(20-12-4-1-5-13-20)21-14-6-2-7-15-21/h1-19,25,30H/t28-/m0/s1. The van der Waals surface area contributed by atoms with Gasteiger partial charge in [0.05, 0.1) is 11.7 Å². The Morgan fingerprint density at radius 1 is 0.727 bits per heavy atom. The molecule has 2 aliphatic rings. The molecule has 1 amide bonds. The summed E-state index contributed by atoms with van der Waals surface area (Å²) in [6.45, 7) is 0. The number of amides is 1. The van der Waals surface area contributed by atoms with E-state index in [1.54, 1.807) is 0 Å². The summed E-state index contributed by atoms with van der Waals surface area (Å²) in [7, 11) is 0. The molecule has 5 heteroatoms. The summed E-state index contributed by atoms with van der Waals surface area (Å²) in [6, 6.07) is 38.2. The summed E-state index contributed by atoms with van der Waals surface area (Å²) in [5.74, 6) is -0.0129. The number of anilines is 1. The predicted octanol–water partition coefficient (Wildman–Crippen LogP) is 5.67. The Kier molecular flexibility index (Phi) is 4.77. The smallest absolute Gasteiger partial charge is 0.270 e. The van der Waals surface area contributed by atoms with Gasteiger partial charge in [-0.05, 0) is 17.2 Å². The minimum atomic E-state index is -0.983. The lowest BCUT2D eigenvalue weighted by molar-refractivity contribution is -0.121. The highest BCUT2D eigenvalue weighted by atomic mass is 32.2. The van der Waals surface area contributed by atoms with Gasteiger partial charge in [-0.1, -0.05) is 121 Å². The van der Waals surface area contributed by atoms with Crippen LogP contribution in [0.15, 0.2) is 120 Å². The largest absolute Gasteiger partial charge is 0.297 e. The van der Waals surface area contributed by atoms with Crippen LogP contribution in [0.1, 0.15) is 28.3 Å². The van der Waals surface area contributed by atoms with Gasteiger partial charge in [0.2, 0.25) is 4.87 Å². The maximum absolute atomic E-state index is 14.3. The van der Waals surface area contributed by atoms with Crippen LogP contribution in [0.3, 0.4) is 0 Å². The first-order valence-corrected chi connectivity index (χ1v) is 11.7. The van der Waals surface area contributed by atoms with Crippen molar-refractivity contribution in [2.45, 2.75) is 10.9 Å². The van der Waals surface area contributed by atoms with Crippen molar-refractivity contribution in [3.05, 3.63) is 138 Å². The van der Waals surface area contributed by atoms with Gasteiger partial charge in [0.25, 0.3) is 5.91 Å². The zero-order chi connectivity index (χ0) is 22.3. The zero-order valence-corrected chi connectivity index (χ0v) is 18.6. The SMILES string of the molecule is O=C1N(C(c2ccccc2)c2ccccc2)c2ccccc2[C@@]12NN=C(c1ccccc1)S2. The molecule has 6 rings (SSSR count). The van der Waals surface area contributed by atoms with Crippen LogP contribution in [0, 0.1) is 0 Å². The van der Waals surface area contributed by atoms with Crippen molar-refractivity contribution in [2.24, 2.45) is 5.10 Å². The molecule has 1 spiro atoms. The number of rotatable bonds is 4. The third-order valence-electron chi connectivity index (χ3n) is 6.14. The lowest BCUT2D eigenvalue weighted by Crippen LogP contribution is -2.45. The summed E-state index contributed by atoms with van der Waals surface area (Å²) in [5.41, 5.74) is 8.21. The molecule has 0 saturated carbocycles. The molecule has 160 valence electrons. The van der Waals surface area contributed by atoms with Crippen LogP contribution < -0.4 is 10.3 Å². The Balaban J connectivity index is 1.48. The van der Waals surface area contributed by atoms with Crippen molar-refractivity contribution in [3.63, 3.8) is 0 Å². The van der Waals surface area contributed by atoms with Crippen molar-refractivity contribution in [3.8, 4) is 0 Å². The first-order valence-electron chi connectivity index (χ1n) is 10.9. The molecule has 33 heavy (non-hydrogen) atoms. The maximum Gasteiger partial charge on any atom is 0.270 e. The van der Waals surface area contributed by atoms with E-state index in [1.807, 2.05) is 95.9 Å². The highest BCUT2D eigenvalue weighted by Gasteiger charge is 2.57. The van der Waals surface area contributed by atoms with Crippen molar-refractivity contribution in [1.82, 2.24) is 5.43 Å². The quantitative estimate of drug-likeness (QED) is 0.438. The fraction of sp³-hybridized carbons (Fsp3) is 0.0714. The number of para-hydroxylation sites is 1. The number of carbonyl (C=O) groups excluding carboxylic acids is 1. The first-order chi connectivity index (χ1) is 16.3. The topological polar surface area (TPSA) is 44.7 Å². The number of nitrogens with one attached hydrogen (secondary N) is 1. The fourth-order valence-corrected chi connectivity index (χ4v) is 5.82. The zero-order valence-electron chi connectivity index (χ0n) is 17.8. The normalized spacial score (nSPS) is 19.0. The highest BCUT2D eigenvalue weighted by molar-refractivity contribution is 8.16. The summed E-state index contributed by atoms with van der Waals surface area (Å²) in [4.78, 5) is 15.3. The number of hydrogen-bond acceptors (Lipinski definition) is 4. The van der Waals surface area contributed by atoms with E-state index in [-0.39, 0.29) is 11.9 Å². The lowest BCUT2D eigenvalue weighted by Gasteiger charge is -2.31. The molecule has 1 N–H and O–H groups in total. The van der Waals surface area contributed by atoms with Gasteiger partial charge in [-0.25, -0.2) is 0 Å². The van der Waals surface area contributed by atoms with Crippen LogP contribution in [-0.2, 0) is 9.67 Å². The molecule has 2 heterocycles. The van der Waals surface area contributed by atoms with Crippen molar-refractivity contribution in [2.75, 3.05) is 4.90 Å². The number of nitrogens with zero attached hydrogens (tertiary/aromatic N) is 2. The van der Waals surface area contributed by atoms with E-state index >= 15 is 0 Å². The molecule has 0 aliphatic carbocycles. The molecule has 0 unspecified atom stereocenters. The molecule has 2 aliphatic heterocycles. The van der Waals surface area contributed by atoms with Crippen molar-refractivity contribution < 1.29 is 4.79 Å². The van der Waals surface area contributed by atoms with Crippen LogP contribution in [-0.4, -0.2) is 11.0 Å². The molecule has 0 radical (unpaired) electrons. The van der Waals surface area contributed by atoms with Gasteiger partial charge < -0.3 is 0 Å². The molecular formula is C28H21N3OS. The van der Waals surface area contributed by atoms with Crippen molar-refractivity contribution >= 4 is 28.4 Å². The average Bonchev–Trinajstić information content (AvgIpc) is 3.44. The summed E-state index contributed by atoms with van der Waals surface area (Å²) in [6.07, 6.45) is 0. The van der Waals surface area contributed by atoms with Crippen molar-refractivity contribution in [1.29, 1.82) is 0 Å². The maximum atomic E-state index is 14.3. The fourth-order valence-electron chi connectivity index (χ4n) is 4.62. The van der Waals surface area contributed by atoms with E-state index in [2.05, 4.69) is 34.8 Å². The third-order valence-corrected chi connectivity index (χ3v) is 7.45. The number of carbonyl (C=O) groups is 1. The van der Waals surface area contributed by atoms with Gasteiger partial charge in [-0.2, -0.15) is 5.10 Å². The van der Waals surface area contributed by atoms with Gasteiger partial charge in [0.15, 0.2) is 0 Å². The van der Waals surface area contributed by atoms with Crippen LogP contribution in [0.2, 0.25) is 0 Å². The molecule has 4 aromatic rings. The number of thioether (sulfide) groups is 1. The second-order valence-corrected chi connectivity index (χ2v) is 9.30. The first kappa shape index (κ1) is 19.8. The van der Waals surface area contributed by atoms with E-state index in [0.717, 1.165) is 33.0 Å². The molecule has 0 aromatic heterocycles. The minimum absolute atomic E-state index is 0.0129. The molecule has 4 nitrogen and oxygen atoms in total. The van der Waals surface area contributed by atoms with E-state index in [0.29, 0.717) is 0 Å². The third kappa shape index (κ3) is 3.16. The summed E-state index contributed by atoms with van der Waals surface area (Å²) < 4.78 is 0. The average molecular weight is 448 g/mol. The Bertz CT molecular complexity index is 1300. The Morgan fingerprint density at radius 3 is 1.91 bits per heavy atom. The van der Waals surface area contributed by atoms with Crippen LogP contribution >= 0.6 is 11.8 Å². The molecule has 0 fully saturated rings. The lowest BCUT2D eigenvalue weighted by atomic mass is 9.97. The molecular weight excluding hydrogens is 426 g/mol. The molecule has 4 aromatic carbocycles. The number of fused-ring (bicyclic) bond motifs is 2. The van der Waals surface area contributed by atoms with Gasteiger partial charge in [-0.3, -0.25) is 15.1 Å². The Morgan fingerprint density at radius 2 is 1.27 bits per heavy atom. The van der Waals surface area contributed by atoms with E-state index in [9.17, 15) is 4.79 Å². The number of benzene rings is 4. The molecule has 0 bridgehead atoms. The van der Waals surface area contributed by atoms with Gasteiger partial charge in [0.1, 0.15) is 5.04 Å². The summed E-state index contributed by atoms with van der Waals surface area (Å²) in [5, 5.41) is 5.43. The Labute approximate surface area is 197 Å². The second kappa shape index (κ2) is 7.94. The molecule has 1 atom stereocenters. The van der Waals surface area contributed by atoms with Crippen LogP contribution in [0.4, 0.5) is 5.69 Å². The van der Waals surface area contributed by atoms with E-state index in [1.165, 1.54) is 11.8 Å². The van der Waals surface area contributed by atoms with Gasteiger partial charge in [0, 0.05) is 11.1 Å². The number of hydrazone groups is 1. The van der Waals surface area contributed by atoms with Gasteiger partial charge in [-0.15, -0.1) is 0 Å². The molecule has 0 saturated heterocycles. The predicted molar refractivity (Wildman–Crippen MR) is 134 cm³/mol. The van der Waals surface area contributed by atoms with E-state index < -0.39 is 4.87 Å². The van der Waals surface area contributed by atoms with E-state index in [4.69, 9.17) is 0 Å². The summed E-state index contributed by atoms with van der Waals surface area (Å²) >= 11 is 1.48.